The van der Waals surface area contributed by atoms with Gasteiger partial charge >= 0.3 is 0 Å². The van der Waals surface area contributed by atoms with E-state index < -0.39 is 0 Å². The highest BCUT2D eigenvalue weighted by Crippen LogP contribution is 2.09. The van der Waals surface area contributed by atoms with Crippen LogP contribution in [0, 0.1) is 0 Å². The van der Waals surface area contributed by atoms with Crippen LogP contribution < -0.4 is 0 Å². The van der Waals surface area contributed by atoms with Gasteiger partial charge in [-0.15, -0.1) is 20.4 Å². The maximum atomic E-state index is 4.08. The number of hydrogen-bond donors (Lipinski definition) is 0. The predicted molar refractivity (Wildman–Crippen MR) is 353 cm³/mol. The van der Waals surface area contributed by atoms with E-state index in [4.69, 9.17) is 0 Å². The fraction of sp³-hybridized carbons (Fsp3) is 0.125. The Hall–Kier alpha value is -12.1. The van der Waals surface area contributed by atoms with E-state index >= 15 is 0 Å². The van der Waals surface area contributed by atoms with Crippen LogP contribution in [0.3, 0.4) is 0 Å². The van der Waals surface area contributed by atoms with E-state index in [9.17, 15) is 0 Å². The Morgan fingerprint density at radius 2 is 0.432 bits per heavy atom. The van der Waals surface area contributed by atoms with Crippen molar-refractivity contribution in [3.8, 4) is 0 Å². The molecule has 0 unspecified atom stereocenters. The lowest BCUT2D eigenvalue weighted by molar-refractivity contribution is 1.04. The van der Waals surface area contributed by atoms with Gasteiger partial charge in [0.1, 0.15) is 22.1 Å². The van der Waals surface area contributed by atoms with Gasteiger partial charge in [0, 0.05) is 95.9 Å². The Kier molecular flexibility index (Phi) is 34.4. The van der Waals surface area contributed by atoms with Crippen molar-refractivity contribution in [2.24, 2.45) is 0 Å². The Morgan fingerprint density at radius 3 is 0.795 bits per heavy atom. The van der Waals surface area contributed by atoms with Crippen molar-refractivity contribution in [1.29, 1.82) is 0 Å². The molecule has 24 nitrogen and oxygen atoms in total. The summed E-state index contributed by atoms with van der Waals surface area (Å²) in [5.41, 5.74) is 9.69. The third-order valence-electron chi connectivity index (χ3n) is 10.3. The Bertz CT molecular complexity index is 3100. The molecule has 0 aromatic carbocycles. The standard InChI is InChI=1S/8C7H5N3.8CH4/c2*1-2-7-6(8-4-1)3-5-9-10-7;2*1-2-6-3-5-9-10-7(6)8-4-1;2*1-2-6-4-9-10-5-7(6)8-3-1;2*1-2-6-7(9-3-1)10-5-4-8-6;;;;;;;;/h8*1-5H;8*1H4. The topological polar surface area (TPSA) is 309 Å². The number of pyridine rings is 8. The highest BCUT2D eigenvalue weighted by Gasteiger charge is 1.95. The Balaban J connectivity index is 0.000000496. The second kappa shape index (κ2) is 41.0. The summed E-state index contributed by atoms with van der Waals surface area (Å²) in [7, 11) is 0. The van der Waals surface area contributed by atoms with E-state index in [0.717, 1.165) is 65.7 Å². The summed E-state index contributed by atoms with van der Waals surface area (Å²) in [5.74, 6) is 0. The lowest BCUT2D eigenvalue weighted by Crippen LogP contribution is -1.83. The molecule has 16 heterocycles. The molecule has 16 aromatic rings. The quantitative estimate of drug-likeness (QED) is 0.136. The maximum absolute atomic E-state index is 4.08. The van der Waals surface area contributed by atoms with Crippen LogP contribution in [-0.4, -0.2) is 121 Å². The second-order valence-corrected chi connectivity index (χ2v) is 15.5. The van der Waals surface area contributed by atoms with Gasteiger partial charge in [-0.25, -0.2) is 29.9 Å². The van der Waals surface area contributed by atoms with E-state index in [0.29, 0.717) is 22.6 Å². The Labute approximate surface area is 511 Å². The molecule has 0 aliphatic heterocycles. The average molecular weight is 1180 g/mol. The first kappa shape index (κ1) is 73.9. The van der Waals surface area contributed by atoms with E-state index in [-0.39, 0.29) is 59.4 Å². The van der Waals surface area contributed by atoms with Crippen molar-refractivity contribution in [1.82, 2.24) is 121 Å². The molecular formula is C64H72N24. The van der Waals surface area contributed by atoms with Gasteiger partial charge in [0.25, 0.3) is 0 Å². The van der Waals surface area contributed by atoms with Crippen molar-refractivity contribution < 1.29 is 0 Å². The molecule has 0 atom stereocenters. The molecule has 0 N–H and O–H groups in total. The molecule has 0 aliphatic carbocycles. The van der Waals surface area contributed by atoms with Crippen LogP contribution in [0.25, 0.3) is 88.3 Å². The first-order chi connectivity index (χ1) is 39.7. The normalized spacial score (nSPS) is 9.09. The number of hydrogen-bond acceptors (Lipinski definition) is 24. The monoisotopic (exact) mass is 1180 g/mol. The van der Waals surface area contributed by atoms with Crippen molar-refractivity contribution in [3.05, 3.63) is 245 Å². The van der Waals surface area contributed by atoms with Gasteiger partial charge in [-0.05, 0) is 121 Å². The minimum atomic E-state index is 0. The predicted octanol–water partition coefficient (Wildman–Crippen LogP) is 13.3. The summed E-state index contributed by atoms with van der Waals surface area (Å²) in [6, 6.07) is 37.7. The first-order valence-corrected chi connectivity index (χ1v) is 23.9. The van der Waals surface area contributed by atoms with Crippen LogP contribution in [0.4, 0.5) is 0 Å². The number of aromatic nitrogens is 24. The number of nitrogens with zero attached hydrogens (tertiary/aromatic N) is 24. The zero-order valence-electron chi connectivity index (χ0n) is 41.8. The smallest absolute Gasteiger partial charge is 0.181 e. The minimum Gasteiger partial charge on any atom is -0.255 e. The molecule has 448 valence electrons. The van der Waals surface area contributed by atoms with Gasteiger partial charge < -0.3 is 0 Å². The molecule has 0 aliphatic rings. The van der Waals surface area contributed by atoms with Gasteiger partial charge in [0.15, 0.2) is 22.6 Å². The van der Waals surface area contributed by atoms with E-state index in [1.54, 1.807) is 124 Å². The van der Waals surface area contributed by atoms with Gasteiger partial charge in [0.2, 0.25) is 0 Å². The van der Waals surface area contributed by atoms with Gasteiger partial charge in [-0.2, -0.15) is 40.8 Å². The fourth-order valence-corrected chi connectivity index (χ4v) is 6.57. The van der Waals surface area contributed by atoms with Crippen LogP contribution in [0.1, 0.15) is 59.4 Å². The molecule has 0 spiro atoms. The summed E-state index contributed by atoms with van der Waals surface area (Å²) in [6.45, 7) is 0. The van der Waals surface area contributed by atoms with Crippen LogP contribution in [0.2, 0.25) is 0 Å². The third kappa shape index (κ3) is 22.6. The molecule has 16 rings (SSSR count). The summed E-state index contributed by atoms with van der Waals surface area (Å²) in [6.07, 6.45) is 33.6. The third-order valence-corrected chi connectivity index (χ3v) is 10.3. The van der Waals surface area contributed by atoms with Crippen LogP contribution in [-0.2, 0) is 0 Å². The summed E-state index contributed by atoms with van der Waals surface area (Å²) < 4.78 is 0. The molecule has 0 bridgehead atoms. The van der Waals surface area contributed by atoms with Gasteiger partial charge in [-0.1, -0.05) is 59.4 Å². The molecule has 16 aromatic heterocycles. The lowest BCUT2D eigenvalue weighted by atomic mass is 10.3. The largest absolute Gasteiger partial charge is 0.255 e. The second-order valence-electron chi connectivity index (χ2n) is 15.5. The summed E-state index contributed by atoms with van der Waals surface area (Å²) in [4.78, 5) is 48.5. The summed E-state index contributed by atoms with van der Waals surface area (Å²) >= 11 is 0. The van der Waals surface area contributed by atoms with Gasteiger partial charge in [0.05, 0.1) is 71.6 Å². The summed E-state index contributed by atoms with van der Waals surface area (Å²) in [5, 5.41) is 49.2. The molecule has 88 heavy (non-hydrogen) atoms. The number of rotatable bonds is 0. The van der Waals surface area contributed by atoms with Gasteiger partial charge in [-0.3, -0.25) is 29.9 Å². The zero-order chi connectivity index (χ0) is 54.5. The molecule has 0 fully saturated rings. The highest BCUT2D eigenvalue weighted by molar-refractivity contribution is 5.77. The zero-order valence-corrected chi connectivity index (χ0v) is 41.8. The van der Waals surface area contributed by atoms with Crippen LogP contribution in [0.15, 0.2) is 245 Å². The highest BCUT2D eigenvalue weighted by atomic mass is 15.1. The fourth-order valence-electron chi connectivity index (χ4n) is 6.57. The molecule has 0 saturated heterocycles. The van der Waals surface area contributed by atoms with E-state index in [2.05, 4.69) is 121 Å². The SMILES string of the molecule is C.C.C.C.C.C.C.C.c1cnc2ccnnc2c1.c1cnc2ccnnc2c1.c1cnc2cnncc2c1.c1cnc2cnncc2c1.c1cnc2nccnc2c1.c1cnc2nccnc2c1.c1cnc2nnccc2c1.c1cnc2nnccc2c1. The van der Waals surface area contributed by atoms with Crippen LogP contribution >= 0.6 is 0 Å². The van der Waals surface area contributed by atoms with Crippen molar-refractivity contribution in [3.63, 3.8) is 0 Å². The Morgan fingerprint density at radius 1 is 0.159 bits per heavy atom. The number of fused-ring (bicyclic) bond motifs is 8. The first-order valence-electron chi connectivity index (χ1n) is 23.9. The van der Waals surface area contributed by atoms with Crippen molar-refractivity contribution >= 4 is 88.3 Å². The average Bonchev–Trinajstić information content (AvgIpc) is 3.63. The molecule has 24 heteroatoms. The maximum Gasteiger partial charge on any atom is 0.181 e. The molecular weight excluding hydrogens is 1100 g/mol. The van der Waals surface area contributed by atoms with Crippen molar-refractivity contribution in [2.75, 3.05) is 0 Å². The minimum absolute atomic E-state index is 0. The molecule has 0 amide bonds. The lowest BCUT2D eigenvalue weighted by Gasteiger charge is -1.89. The molecule has 0 saturated carbocycles. The van der Waals surface area contributed by atoms with Crippen molar-refractivity contribution in [2.45, 2.75) is 59.4 Å². The van der Waals surface area contributed by atoms with E-state index in [1.165, 1.54) is 0 Å². The molecule has 0 radical (unpaired) electrons. The van der Waals surface area contributed by atoms with Crippen LogP contribution in [0.5, 0.6) is 0 Å². The van der Waals surface area contributed by atoms with E-state index in [1.807, 2.05) is 121 Å².